The van der Waals surface area contributed by atoms with Gasteiger partial charge in [-0.3, -0.25) is 14.9 Å². The van der Waals surface area contributed by atoms with E-state index >= 15 is 0 Å². The lowest BCUT2D eigenvalue weighted by molar-refractivity contribution is 0.0576. The maximum Gasteiger partial charge on any atom is 0.339 e. The Kier molecular flexibility index (Phi) is 6.25. The van der Waals surface area contributed by atoms with Gasteiger partial charge in [-0.1, -0.05) is 12.1 Å². The van der Waals surface area contributed by atoms with E-state index in [2.05, 4.69) is 36.3 Å². The molecule has 30 heavy (non-hydrogen) atoms. The van der Waals surface area contributed by atoms with Gasteiger partial charge in [0.25, 0.3) is 0 Å². The predicted octanol–water partition coefficient (Wildman–Crippen LogP) is 5.41. The van der Waals surface area contributed by atoms with Gasteiger partial charge >= 0.3 is 5.97 Å². The lowest BCUT2D eigenvalue weighted by Crippen LogP contribution is -2.37. The lowest BCUT2D eigenvalue weighted by atomic mass is 9.88. The van der Waals surface area contributed by atoms with E-state index < -0.39 is 0 Å². The molecule has 0 N–H and O–H groups in total. The largest absolute Gasteiger partial charge is 0.465 e. The molecule has 0 amide bonds. The third-order valence-electron chi connectivity index (χ3n) is 5.99. The Bertz CT molecular complexity index is 979. The van der Waals surface area contributed by atoms with Crippen molar-refractivity contribution in [2.24, 2.45) is 0 Å². The summed E-state index contributed by atoms with van der Waals surface area (Å²) >= 11 is 1.54. The minimum Gasteiger partial charge on any atom is -0.465 e. The second kappa shape index (κ2) is 9.06. The standard InChI is InChI=1S/C24H27N3O2S/c1-16-7-5-11-25-22(16)20-9-4-10-21(23-17(2)8-6-12-26-23)27(20)13-18-14-30-15-19(18)24(28)29-3/h5-8,11-12,14-15,20-21H,4,9-10,13H2,1-3H3/t20-,21+. The summed E-state index contributed by atoms with van der Waals surface area (Å²) in [6.45, 7) is 4.91. The first-order chi connectivity index (χ1) is 14.6. The number of esters is 1. The average molecular weight is 422 g/mol. The highest BCUT2D eigenvalue weighted by atomic mass is 32.1. The van der Waals surface area contributed by atoms with Crippen molar-refractivity contribution < 1.29 is 9.53 Å². The number of ether oxygens (including phenoxy) is 1. The first-order valence-electron chi connectivity index (χ1n) is 10.3. The van der Waals surface area contributed by atoms with Crippen LogP contribution in [0.3, 0.4) is 0 Å². The number of hydrogen-bond acceptors (Lipinski definition) is 6. The molecule has 1 aliphatic heterocycles. The molecule has 0 unspecified atom stereocenters. The monoisotopic (exact) mass is 421 g/mol. The third-order valence-corrected chi connectivity index (χ3v) is 6.78. The number of thiophene rings is 1. The van der Waals surface area contributed by atoms with Crippen LogP contribution in [0.4, 0.5) is 0 Å². The van der Waals surface area contributed by atoms with Crippen LogP contribution in [-0.4, -0.2) is 27.9 Å². The van der Waals surface area contributed by atoms with Gasteiger partial charge in [-0.05, 0) is 67.3 Å². The Morgan fingerprint density at radius 3 is 2.20 bits per heavy atom. The van der Waals surface area contributed by atoms with Crippen LogP contribution < -0.4 is 0 Å². The summed E-state index contributed by atoms with van der Waals surface area (Å²) in [5.41, 5.74) is 6.29. The quantitative estimate of drug-likeness (QED) is 0.516. The van der Waals surface area contributed by atoms with Gasteiger partial charge in [0, 0.05) is 24.3 Å². The van der Waals surface area contributed by atoms with Crippen molar-refractivity contribution in [3.63, 3.8) is 0 Å². The van der Waals surface area contributed by atoms with E-state index in [0.717, 1.165) is 36.2 Å². The number of methoxy groups -OCH3 is 1. The number of nitrogens with zero attached hydrogens (tertiary/aromatic N) is 3. The Labute approximate surface area is 181 Å². The smallest absolute Gasteiger partial charge is 0.339 e. The van der Waals surface area contributed by atoms with E-state index in [4.69, 9.17) is 14.7 Å². The summed E-state index contributed by atoms with van der Waals surface area (Å²) in [5.74, 6) is -0.278. The molecule has 4 heterocycles. The average Bonchev–Trinajstić information content (AvgIpc) is 3.23. The predicted molar refractivity (Wildman–Crippen MR) is 118 cm³/mol. The van der Waals surface area contributed by atoms with Gasteiger partial charge in [0.05, 0.1) is 36.1 Å². The highest BCUT2D eigenvalue weighted by Gasteiger charge is 2.36. The molecule has 0 spiro atoms. The lowest BCUT2D eigenvalue weighted by Gasteiger charge is -2.42. The Hall–Kier alpha value is -2.57. The maximum absolute atomic E-state index is 12.3. The van der Waals surface area contributed by atoms with Gasteiger partial charge in [-0.25, -0.2) is 4.79 Å². The number of likely N-dealkylation sites (tertiary alicyclic amines) is 1. The molecule has 0 aromatic carbocycles. The summed E-state index contributed by atoms with van der Waals surface area (Å²) in [7, 11) is 1.44. The van der Waals surface area contributed by atoms with E-state index in [0.29, 0.717) is 12.1 Å². The van der Waals surface area contributed by atoms with Crippen LogP contribution in [0.5, 0.6) is 0 Å². The van der Waals surface area contributed by atoms with E-state index in [1.807, 2.05) is 29.9 Å². The van der Waals surface area contributed by atoms with E-state index in [9.17, 15) is 4.79 Å². The minimum atomic E-state index is -0.278. The molecule has 0 bridgehead atoms. The van der Waals surface area contributed by atoms with Crippen molar-refractivity contribution in [3.05, 3.63) is 81.1 Å². The van der Waals surface area contributed by atoms with Crippen LogP contribution in [-0.2, 0) is 11.3 Å². The SMILES string of the molecule is COC(=O)c1cscc1CN1[C@@H](c2ncccc2C)CCC[C@H]1c1ncccc1C. The van der Waals surface area contributed by atoms with Gasteiger partial charge in [-0.2, -0.15) is 11.3 Å². The number of aromatic nitrogens is 2. The number of rotatable bonds is 5. The first kappa shape index (κ1) is 20.7. The van der Waals surface area contributed by atoms with Crippen LogP contribution >= 0.6 is 11.3 Å². The molecule has 3 aromatic rings. The normalized spacial score (nSPS) is 19.6. The number of hydrogen-bond donors (Lipinski definition) is 0. The molecule has 1 aliphatic rings. The second-order valence-corrected chi connectivity index (χ2v) is 8.59. The third kappa shape index (κ3) is 4.02. The zero-order chi connectivity index (χ0) is 21.1. The van der Waals surface area contributed by atoms with Crippen LogP contribution in [0.15, 0.2) is 47.4 Å². The summed E-state index contributed by atoms with van der Waals surface area (Å²) in [6, 6.07) is 8.58. The molecular weight excluding hydrogens is 394 g/mol. The fourth-order valence-corrected chi connectivity index (χ4v) is 5.30. The first-order valence-corrected chi connectivity index (χ1v) is 11.3. The Balaban J connectivity index is 1.77. The van der Waals surface area contributed by atoms with Gasteiger partial charge in [0.2, 0.25) is 0 Å². The fraction of sp³-hybridized carbons (Fsp3) is 0.375. The molecule has 1 fully saturated rings. The maximum atomic E-state index is 12.3. The molecule has 0 radical (unpaired) electrons. The number of carbonyl (C=O) groups is 1. The molecule has 1 saturated heterocycles. The molecular formula is C24H27N3O2S. The molecule has 0 aliphatic carbocycles. The molecule has 0 saturated carbocycles. The van der Waals surface area contributed by atoms with Gasteiger partial charge in [-0.15, -0.1) is 0 Å². The van der Waals surface area contributed by atoms with E-state index in [1.54, 1.807) is 11.3 Å². The topological polar surface area (TPSA) is 55.3 Å². The Morgan fingerprint density at radius 1 is 1.07 bits per heavy atom. The second-order valence-electron chi connectivity index (χ2n) is 7.85. The van der Waals surface area contributed by atoms with E-state index in [-0.39, 0.29) is 18.1 Å². The fourth-order valence-electron chi connectivity index (χ4n) is 4.49. The van der Waals surface area contributed by atoms with Crippen molar-refractivity contribution >= 4 is 17.3 Å². The van der Waals surface area contributed by atoms with Crippen LogP contribution in [0.2, 0.25) is 0 Å². The zero-order valence-electron chi connectivity index (χ0n) is 17.7. The molecule has 2 atom stereocenters. The summed E-state index contributed by atoms with van der Waals surface area (Å²) in [5, 5.41) is 3.94. The summed E-state index contributed by atoms with van der Waals surface area (Å²) < 4.78 is 5.01. The summed E-state index contributed by atoms with van der Waals surface area (Å²) in [6.07, 6.45) is 6.95. The van der Waals surface area contributed by atoms with Crippen molar-refractivity contribution in [3.8, 4) is 0 Å². The molecule has 156 valence electrons. The van der Waals surface area contributed by atoms with E-state index in [1.165, 1.54) is 18.2 Å². The van der Waals surface area contributed by atoms with Crippen LogP contribution in [0.25, 0.3) is 0 Å². The van der Waals surface area contributed by atoms with Crippen molar-refractivity contribution in [1.29, 1.82) is 0 Å². The summed E-state index contributed by atoms with van der Waals surface area (Å²) in [4.78, 5) is 24.3. The highest BCUT2D eigenvalue weighted by Crippen LogP contribution is 2.43. The minimum absolute atomic E-state index is 0.178. The van der Waals surface area contributed by atoms with Crippen molar-refractivity contribution in [1.82, 2.24) is 14.9 Å². The zero-order valence-corrected chi connectivity index (χ0v) is 18.5. The number of aryl methyl sites for hydroxylation is 2. The molecule has 5 nitrogen and oxygen atoms in total. The van der Waals surface area contributed by atoms with Gasteiger partial charge < -0.3 is 4.74 Å². The van der Waals surface area contributed by atoms with Crippen molar-refractivity contribution in [2.45, 2.75) is 51.7 Å². The number of pyridine rings is 2. The van der Waals surface area contributed by atoms with Gasteiger partial charge in [0.1, 0.15) is 0 Å². The van der Waals surface area contributed by atoms with Crippen LogP contribution in [0, 0.1) is 13.8 Å². The number of carbonyl (C=O) groups excluding carboxylic acids is 1. The number of piperidine rings is 1. The highest BCUT2D eigenvalue weighted by molar-refractivity contribution is 7.08. The van der Waals surface area contributed by atoms with Crippen LogP contribution in [0.1, 0.15) is 69.8 Å². The molecule has 6 heteroatoms. The Morgan fingerprint density at radius 2 is 1.67 bits per heavy atom. The molecule has 3 aromatic heterocycles. The molecule has 4 rings (SSSR count). The van der Waals surface area contributed by atoms with Crippen molar-refractivity contribution in [2.75, 3.05) is 7.11 Å². The van der Waals surface area contributed by atoms with Gasteiger partial charge in [0.15, 0.2) is 0 Å².